The monoisotopic (exact) mass is 408 g/mol. The third kappa shape index (κ3) is 4.81. The van der Waals surface area contributed by atoms with Crippen molar-refractivity contribution in [2.45, 2.75) is 38.8 Å². The van der Waals surface area contributed by atoms with E-state index in [9.17, 15) is 19.2 Å². The Balaban J connectivity index is 2.06. The molecule has 1 aromatic rings. The molecule has 1 unspecified atom stereocenters. The van der Waals surface area contributed by atoms with Crippen molar-refractivity contribution in [2.24, 2.45) is 0 Å². The average Bonchev–Trinajstić information content (AvgIpc) is 2.77. The molecule has 152 valence electrons. The van der Waals surface area contributed by atoms with Crippen LogP contribution in [0.25, 0.3) is 0 Å². The molecule has 28 heavy (non-hydrogen) atoms. The van der Waals surface area contributed by atoms with Gasteiger partial charge in [0.05, 0.1) is 6.54 Å². The van der Waals surface area contributed by atoms with Gasteiger partial charge in [0.15, 0.2) is 0 Å². The van der Waals surface area contributed by atoms with Gasteiger partial charge in [0, 0.05) is 17.6 Å². The van der Waals surface area contributed by atoms with Gasteiger partial charge >= 0.3 is 6.03 Å². The molecule has 9 heteroatoms. The second-order valence-electron chi connectivity index (χ2n) is 8.00. The third-order valence-corrected chi connectivity index (χ3v) is 4.56. The topological polar surface area (TPSA) is 98.8 Å². The molecule has 2 rings (SSSR count). The molecule has 5 amide bonds. The lowest BCUT2D eigenvalue weighted by molar-refractivity contribution is -0.139. The minimum absolute atomic E-state index is 0.172. The molecule has 1 aromatic carbocycles. The zero-order chi connectivity index (χ0) is 21.3. The highest BCUT2D eigenvalue weighted by atomic mass is 35.5. The number of hydrogen-bond acceptors (Lipinski definition) is 4. The van der Waals surface area contributed by atoms with E-state index in [0.29, 0.717) is 10.6 Å². The lowest BCUT2D eigenvalue weighted by Crippen LogP contribution is -2.48. The molecule has 8 nitrogen and oxygen atoms in total. The summed E-state index contributed by atoms with van der Waals surface area (Å²) in [5.41, 5.74) is -1.15. The Bertz CT molecular complexity index is 803. The summed E-state index contributed by atoms with van der Waals surface area (Å²) >= 11 is 5.88. The minimum Gasteiger partial charge on any atom is -0.350 e. The smallest absolute Gasteiger partial charge is 0.325 e. The lowest BCUT2D eigenvalue weighted by atomic mass is 9.92. The number of amides is 5. The van der Waals surface area contributed by atoms with E-state index in [0.717, 1.165) is 4.90 Å². The van der Waals surface area contributed by atoms with Crippen LogP contribution < -0.4 is 10.6 Å². The molecule has 2 N–H and O–H groups in total. The molecule has 0 radical (unpaired) electrons. The van der Waals surface area contributed by atoms with Crippen molar-refractivity contribution in [3.05, 3.63) is 34.9 Å². The molecule has 1 atom stereocenters. The fourth-order valence-electron chi connectivity index (χ4n) is 2.84. The van der Waals surface area contributed by atoms with E-state index in [-0.39, 0.29) is 12.5 Å². The normalized spacial score (nSPS) is 19.4. The number of benzene rings is 1. The Labute approximate surface area is 169 Å². The van der Waals surface area contributed by atoms with Gasteiger partial charge in [-0.2, -0.15) is 0 Å². The first-order valence-electron chi connectivity index (χ1n) is 8.78. The predicted molar refractivity (Wildman–Crippen MR) is 105 cm³/mol. The molecule has 1 aliphatic heterocycles. The Morgan fingerprint density at radius 1 is 1.21 bits per heavy atom. The van der Waals surface area contributed by atoms with Gasteiger partial charge in [0.2, 0.25) is 11.8 Å². The van der Waals surface area contributed by atoms with Crippen molar-refractivity contribution in [1.29, 1.82) is 0 Å². The van der Waals surface area contributed by atoms with E-state index in [1.54, 1.807) is 31.2 Å². The Morgan fingerprint density at radius 3 is 2.32 bits per heavy atom. The second kappa shape index (κ2) is 7.79. The summed E-state index contributed by atoms with van der Waals surface area (Å²) in [6, 6.07) is 5.88. The van der Waals surface area contributed by atoms with Crippen molar-refractivity contribution < 1.29 is 19.2 Å². The maximum atomic E-state index is 12.9. The first-order valence-corrected chi connectivity index (χ1v) is 9.16. The summed E-state index contributed by atoms with van der Waals surface area (Å²) in [5, 5.41) is 5.88. The second-order valence-corrected chi connectivity index (χ2v) is 8.44. The van der Waals surface area contributed by atoms with Crippen molar-refractivity contribution in [1.82, 2.24) is 20.4 Å². The van der Waals surface area contributed by atoms with E-state index >= 15 is 0 Å². The van der Waals surface area contributed by atoms with Crippen LogP contribution in [0.1, 0.15) is 33.3 Å². The van der Waals surface area contributed by atoms with E-state index in [1.165, 1.54) is 11.9 Å². The molecule has 0 bridgehead atoms. The lowest BCUT2D eigenvalue weighted by Gasteiger charge is -2.25. The number of rotatable bonds is 5. The SMILES string of the molecule is CN(CC(=O)NC(C)(C)C)C(=O)CN1C(=O)NC(C)(c2ccc(Cl)cc2)C1=O. The average molecular weight is 409 g/mol. The van der Waals surface area contributed by atoms with Crippen molar-refractivity contribution in [3.8, 4) is 0 Å². The first kappa shape index (κ1) is 21.7. The van der Waals surface area contributed by atoms with Gasteiger partial charge in [-0.3, -0.25) is 19.3 Å². The molecule has 0 saturated carbocycles. The van der Waals surface area contributed by atoms with Crippen LogP contribution in [0, 0.1) is 0 Å². The fourth-order valence-corrected chi connectivity index (χ4v) is 2.96. The summed E-state index contributed by atoms with van der Waals surface area (Å²) in [6.45, 7) is 6.44. The first-order chi connectivity index (χ1) is 12.8. The van der Waals surface area contributed by atoms with Gasteiger partial charge < -0.3 is 15.5 Å². The van der Waals surface area contributed by atoms with Gasteiger partial charge in [-0.05, 0) is 45.4 Å². The quantitative estimate of drug-likeness (QED) is 0.721. The van der Waals surface area contributed by atoms with Gasteiger partial charge in [0.25, 0.3) is 5.91 Å². The molecule has 1 saturated heterocycles. The van der Waals surface area contributed by atoms with Gasteiger partial charge in [-0.1, -0.05) is 23.7 Å². The van der Waals surface area contributed by atoms with Crippen LogP contribution in [0.5, 0.6) is 0 Å². The van der Waals surface area contributed by atoms with Crippen LogP contribution in [-0.2, 0) is 19.9 Å². The molecule has 0 aromatic heterocycles. The fraction of sp³-hybridized carbons (Fsp3) is 0.474. The zero-order valence-corrected chi connectivity index (χ0v) is 17.4. The predicted octanol–water partition coefficient (Wildman–Crippen LogP) is 1.48. The number of imide groups is 1. The minimum atomic E-state index is -1.29. The molecular weight excluding hydrogens is 384 g/mol. The standard InChI is InChI=1S/C19H25ClN4O4/c1-18(2,3)21-14(25)10-23(5)15(26)11-24-16(27)19(4,22-17(24)28)12-6-8-13(20)9-7-12/h6-9H,10-11H2,1-5H3,(H,21,25)(H,22,28). The Hall–Kier alpha value is -2.61. The number of urea groups is 1. The molecule has 0 spiro atoms. The third-order valence-electron chi connectivity index (χ3n) is 4.31. The van der Waals surface area contributed by atoms with Gasteiger partial charge in [-0.15, -0.1) is 0 Å². The molecule has 1 heterocycles. The molecule has 1 fully saturated rings. The number of nitrogens with zero attached hydrogens (tertiary/aromatic N) is 2. The maximum absolute atomic E-state index is 12.9. The zero-order valence-electron chi connectivity index (χ0n) is 16.6. The van der Waals surface area contributed by atoms with Crippen LogP contribution in [0.3, 0.4) is 0 Å². The van der Waals surface area contributed by atoms with Crippen LogP contribution >= 0.6 is 11.6 Å². The highest BCUT2D eigenvalue weighted by Gasteiger charge is 2.49. The number of likely N-dealkylation sites (N-methyl/N-ethyl adjacent to an activating group) is 1. The van der Waals surface area contributed by atoms with Crippen LogP contribution in [0.4, 0.5) is 4.79 Å². The van der Waals surface area contributed by atoms with Crippen LogP contribution in [0.15, 0.2) is 24.3 Å². The highest BCUT2D eigenvalue weighted by molar-refractivity contribution is 6.30. The Morgan fingerprint density at radius 2 is 1.79 bits per heavy atom. The van der Waals surface area contributed by atoms with E-state index < -0.39 is 35.5 Å². The van der Waals surface area contributed by atoms with Crippen molar-refractivity contribution >= 4 is 35.4 Å². The summed E-state index contributed by atoms with van der Waals surface area (Å²) in [5.74, 6) is -1.39. The van der Waals surface area contributed by atoms with Crippen LogP contribution in [0.2, 0.25) is 5.02 Å². The Kier molecular flexibility index (Phi) is 6.03. The molecular formula is C19H25ClN4O4. The number of carbonyl (C=O) groups excluding carboxylic acids is 4. The van der Waals surface area contributed by atoms with E-state index in [1.807, 2.05) is 20.8 Å². The van der Waals surface area contributed by atoms with Crippen molar-refractivity contribution in [3.63, 3.8) is 0 Å². The van der Waals surface area contributed by atoms with Gasteiger partial charge in [0.1, 0.15) is 12.1 Å². The number of carbonyl (C=O) groups is 4. The van der Waals surface area contributed by atoms with E-state index in [4.69, 9.17) is 11.6 Å². The summed E-state index contributed by atoms with van der Waals surface area (Å²) in [7, 11) is 1.45. The number of hydrogen-bond donors (Lipinski definition) is 2. The van der Waals surface area contributed by atoms with Crippen LogP contribution in [-0.4, -0.2) is 59.2 Å². The highest BCUT2D eigenvalue weighted by Crippen LogP contribution is 2.29. The maximum Gasteiger partial charge on any atom is 0.325 e. The number of halogens is 1. The molecule has 0 aliphatic carbocycles. The molecule has 1 aliphatic rings. The van der Waals surface area contributed by atoms with Gasteiger partial charge in [-0.25, -0.2) is 4.79 Å². The van der Waals surface area contributed by atoms with Crippen molar-refractivity contribution in [2.75, 3.05) is 20.1 Å². The summed E-state index contributed by atoms with van der Waals surface area (Å²) < 4.78 is 0. The number of nitrogens with one attached hydrogen (secondary N) is 2. The summed E-state index contributed by atoms with van der Waals surface area (Å²) in [6.07, 6.45) is 0. The van der Waals surface area contributed by atoms with E-state index in [2.05, 4.69) is 10.6 Å². The largest absolute Gasteiger partial charge is 0.350 e. The summed E-state index contributed by atoms with van der Waals surface area (Å²) in [4.78, 5) is 51.6.